The van der Waals surface area contributed by atoms with Gasteiger partial charge >= 0.3 is 0 Å². The van der Waals surface area contributed by atoms with Crippen LogP contribution in [0.15, 0.2) is 72.8 Å². The van der Waals surface area contributed by atoms with Gasteiger partial charge in [-0.1, -0.05) is 35.9 Å². The maximum absolute atomic E-state index is 13.1. The zero-order valence-corrected chi connectivity index (χ0v) is 20.9. The molecule has 1 saturated heterocycles. The van der Waals surface area contributed by atoms with Crippen molar-refractivity contribution in [3.8, 4) is 0 Å². The second-order valence-corrected chi connectivity index (χ2v) is 9.40. The average Bonchev–Trinajstić information content (AvgIpc) is 3.18. The van der Waals surface area contributed by atoms with E-state index in [1.807, 2.05) is 77.7 Å². The molecule has 36 heavy (non-hydrogen) atoms. The smallest absolute Gasteiger partial charge is 0.256 e. The van der Waals surface area contributed by atoms with Gasteiger partial charge in [0.15, 0.2) is 0 Å². The molecule has 5 rings (SSSR count). The van der Waals surface area contributed by atoms with E-state index in [0.717, 1.165) is 30.0 Å². The fraction of sp³-hybridized carbons (Fsp3) is 0.286. The molecular formula is C28H29ClN4O3. The van der Waals surface area contributed by atoms with E-state index in [2.05, 4.69) is 10.2 Å². The zero-order chi connectivity index (χ0) is 25.1. The number of nitrogens with zero attached hydrogens (tertiary/aromatic N) is 3. The molecule has 0 spiro atoms. The third kappa shape index (κ3) is 4.90. The van der Waals surface area contributed by atoms with Crippen LogP contribution in [-0.4, -0.2) is 68.1 Å². The molecule has 0 aromatic heterocycles. The van der Waals surface area contributed by atoms with Gasteiger partial charge in [-0.2, -0.15) is 0 Å². The van der Waals surface area contributed by atoms with Crippen LogP contribution in [0, 0.1) is 0 Å². The molecule has 2 amide bonds. The molecule has 8 heteroatoms. The number of anilines is 2. The molecule has 1 fully saturated rings. The molecule has 0 aliphatic carbocycles. The number of fused-ring (bicyclic) bond motifs is 1. The highest BCUT2D eigenvalue weighted by Gasteiger charge is 2.36. The van der Waals surface area contributed by atoms with Crippen LogP contribution < -0.4 is 10.2 Å². The Morgan fingerprint density at radius 3 is 2.47 bits per heavy atom. The standard InChI is InChI=1S/C28H29ClN4O3/c1-36-18-17-33-26(24-7-2-3-8-25(24)28(33)35)30-22-11-9-20(10-12-22)27(34)32-15-13-31(14-16-32)23-6-4-5-21(29)19-23/h2-12,19,26,30H,13-18H2,1H3. The predicted molar refractivity (Wildman–Crippen MR) is 142 cm³/mol. The second-order valence-electron chi connectivity index (χ2n) is 8.96. The van der Waals surface area contributed by atoms with Gasteiger partial charge < -0.3 is 24.8 Å². The summed E-state index contributed by atoms with van der Waals surface area (Å²) in [6.45, 7) is 3.77. The van der Waals surface area contributed by atoms with Crippen LogP contribution >= 0.6 is 11.6 Å². The van der Waals surface area contributed by atoms with E-state index in [0.29, 0.717) is 42.4 Å². The fourth-order valence-corrected chi connectivity index (χ4v) is 5.02. The van der Waals surface area contributed by atoms with Crippen molar-refractivity contribution in [1.82, 2.24) is 9.80 Å². The van der Waals surface area contributed by atoms with Gasteiger partial charge in [-0.05, 0) is 48.5 Å². The lowest BCUT2D eigenvalue weighted by Crippen LogP contribution is -2.48. The van der Waals surface area contributed by atoms with Gasteiger partial charge in [0.2, 0.25) is 0 Å². The first kappa shape index (κ1) is 24.2. The van der Waals surface area contributed by atoms with Gasteiger partial charge in [0.1, 0.15) is 6.17 Å². The van der Waals surface area contributed by atoms with Gasteiger partial charge in [0.05, 0.1) is 6.61 Å². The minimum absolute atomic E-state index is 0.0103. The third-order valence-corrected chi connectivity index (χ3v) is 7.01. The van der Waals surface area contributed by atoms with Crippen LogP contribution in [0.4, 0.5) is 11.4 Å². The summed E-state index contributed by atoms with van der Waals surface area (Å²) in [6, 6.07) is 22.9. The average molecular weight is 505 g/mol. The van der Waals surface area contributed by atoms with Crippen LogP contribution in [0.25, 0.3) is 0 Å². The number of ether oxygens (including phenoxy) is 1. The topological polar surface area (TPSA) is 65.1 Å². The lowest BCUT2D eigenvalue weighted by Gasteiger charge is -2.36. The number of piperazine rings is 1. The molecule has 2 aliphatic rings. The molecule has 2 aliphatic heterocycles. The first-order valence-electron chi connectivity index (χ1n) is 12.1. The summed E-state index contributed by atoms with van der Waals surface area (Å²) >= 11 is 6.13. The van der Waals surface area contributed by atoms with Gasteiger partial charge in [0.25, 0.3) is 11.8 Å². The van der Waals surface area contributed by atoms with Crippen molar-refractivity contribution in [3.05, 3.63) is 94.5 Å². The SMILES string of the molecule is COCCN1C(=O)c2ccccc2C1Nc1ccc(C(=O)N2CCN(c3cccc(Cl)c3)CC2)cc1. The molecule has 0 radical (unpaired) electrons. The van der Waals surface area contributed by atoms with E-state index in [9.17, 15) is 9.59 Å². The van der Waals surface area contributed by atoms with E-state index in [1.54, 1.807) is 12.0 Å². The Morgan fingerprint density at radius 2 is 1.75 bits per heavy atom. The molecule has 1 atom stereocenters. The molecule has 1 unspecified atom stereocenters. The van der Waals surface area contributed by atoms with Crippen LogP contribution in [0.5, 0.6) is 0 Å². The number of hydrogen-bond donors (Lipinski definition) is 1. The molecule has 2 heterocycles. The third-order valence-electron chi connectivity index (χ3n) is 6.77. The van der Waals surface area contributed by atoms with Gasteiger partial charge in [0, 0.05) is 72.9 Å². The van der Waals surface area contributed by atoms with Crippen molar-refractivity contribution < 1.29 is 14.3 Å². The summed E-state index contributed by atoms with van der Waals surface area (Å²) in [6.07, 6.45) is -0.287. The molecular weight excluding hydrogens is 476 g/mol. The number of carbonyl (C=O) groups is 2. The number of benzene rings is 3. The number of carbonyl (C=O) groups excluding carboxylic acids is 2. The second kappa shape index (κ2) is 10.6. The highest BCUT2D eigenvalue weighted by Crippen LogP contribution is 2.34. The first-order chi connectivity index (χ1) is 17.5. The normalized spacial score (nSPS) is 17.3. The summed E-state index contributed by atoms with van der Waals surface area (Å²) in [7, 11) is 1.63. The Morgan fingerprint density at radius 1 is 1.00 bits per heavy atom. The number of nitrogens with one attached hydrogen (secondary N) is 1. The predicted octanol–water partition coefficient (Wildman–Crippen LogP) is 4.52. The van der Waals surface area contributed by atoms with Crippen molar-refractivity contribution >= 4 is 34.8 Å². The quantitative estimate of drug-likeness (QED) is 0.512. The number of methoxy groups -OCH3 is 1. The van der Waals surface area contributed by atoms with E-state index < -0.39 is 0 Å². The monoisotopic (exact) mass is 504 g/mol. The molecule has 3 aromatic carbocycles. The number of rotatable bonds is 7. The Hall–Kier alpha value is -3.55. The van der Waals surface area contributed by atoms with E-state index >= 15 is 0 Å². The summed E-state index contributed by atoms with van der Waals surface area (Å²) < 4.78 is 5.21. The lowest BCUT2D eigenvalue weighted by molar-refractivity contribution is 0.0674. The minimum Gasteiger partial charge on any atom is -0.383 e. The van der Waals surface area contributed by atoms with Crippen molar-refractivity contribution in [2.24, 2.45) is 0 Å². The molecule has 0 saturated carbocycles. The summed E-state index contributed by atoms with van der Waals surface area (Å²) in [5, 5.41) is 4.18. The van der Waals surface area contributed by atoms with Gasteiger partial charge in [-0.15, -0.1) is 0 Å². The highest BCUT2D eigenvalue weighted by molar-refractivity contribution is 6.30. The summed E-state index contributed by atoms with van der Waals surface area (Å²) in [5.41, 5.74) is 4.22. The zero-order valence-electron chi connectivity index (χ0n) is 20.2. The first-order valence-corrected chi connectivity index (χ1v) is 12.5. The van der Waals surface area contributed by atoms with E-state index in [4.69, 9.17) is 16.3 Å². The van der Waals surface area contributed by atoms with Crippen LogP contribution in [0.1, 0.15) is 32.4 Å². The maximum Gasteiger partial charge on any atom is 0.256 e. The molecule has 186 valence electrons. The van der Waals surface area contributed by atoms with Crippen molar-refractivity contribution in [2.45, 2.75) is 6.17 Å². The highest BCUT2D eigenvalue weighted by atomic mass is 35.5. The van der Waals surface area contributed by atoms with Crippen LogP contribution in [-0.2, 0) is 4.74 Å². The van der Waals surface area contributed by atoms with Crippen LogP contribution in [0.2, 0.25) is 5.02 Å². The number of hydrogen-bond acceptors (Lipinski definition) is 5. The Kier molecular flexibility index (Phi) is 7.11. The Balaban J connectivity index is 1.24. The summed E-state index contributed by atoms with van der Waals surface area (Å²) in [4.78, 5) is 32.0. The maximum atomic E-state index is 13.1. The molecule has 1 N–H and O–H groups in total. The van der Waals surface area contributed by atoms with Crippen molar-refractivity contribution in [2.75, 3.05) is 56.7 Å². The van der Waals surface area contributed by atoms with Gasteiger partial charge in [-0.25, -0.2) is 0 Å². The Bertz CT molecular complexity index is 1240. The lowest BCUT2D eigenvalue weighted by atomic mass is 10.1. The van der Waals surface area contributed by atoms with Crippen molar-refractivity contribution in [3.63, 3.8) is 0 Å². The number of halogens is 1. The van der Waals surface area contributed by atoms with Gasteiger partial charge in [-0.3, -0.25) is 9.59 Å². The Labute approximate surface area is 216 Å². The fourth-order valence-electron chi connectivity index (χ4n) is 4.84. The van der Waals surface area contributed by atoms with Crippen LogP contribution in [0.3, 0.4) is 0 Å². The number of amides is 2. The van der Waals surface area contributed by atoms with E-state index in [-0.39, 0.29) is 18.0 Å². The largest absolute Gasteiger partial charge is 0.383 e. The minimum atomic E-state index is -0.287. The van der Waals surface area contributed by atoms with E-state index in [1.165, 1.54) is 0 Å². The van der Waals surface area contributed by atoms with Crippen molar-refractivity contribution in [1.29, 1.82) is 0 Å². The molecule has 7 nitrogen and oxygen atoms in total. The molecule has 3 aromatic rings. The molecule has 0 bridgehead atoms. The summed E-state index contributed by atoms with van der Waals surface area (Å²) in [5.74, 6) is 0.0132.